The minimum atomic E-state index is -5.34. The predicted octanol–water partition coefficient (Wildman–Crippen LogP) is -11.1. The van der Waals surface area contributed by atoms with E-state index in [2.05, 4.69) is 14.8 Å². The summed E-state index contributed by atoms with van der Waals surface area (Å²) in [6, 6.07) is -3.38. The Bertz CT molecular complexity index is 1620. The van der Waals surface area contributed by atoms with Crippen LogP contribution in [0.25, 0.3) is 0 Å². The average molecular weight is 977 g/mol. The summed E-state index contributed by atoms with van der Waals surface area (Å²) in [5.41, 5.74) is 0. The van der Waals surface area contributed by atoms with E-state index in [0.717, 1.165) is 13.8 Å². The third-order valence-electron chi connectivity index (χ3n) is 10.9. The summed E-state index contributed by atoms with van der Waals surface area (Å²) in [5.74, 6) is -1.66. The van der Waals surface area contributed by atoms with Crippen molar-refractivity contribution in [1.82, 2.24) is 10.6 Å². The van der Waals surface area contributed by atoms with Crippen molar-refractivity contribution in [1.29, 1.82) is 0 Å². The molecule has 0 aromatic rings. The highest BCUT2D eigenvalue weighted by atomic mass is 32.3. The van der Waals surface area contributed by atoms with Crippen LogP contribution in [0.5, 0.6) is 0 Å². The summed E-state index contributed by atoms with van der Waals surface area (Å²) in [4.78, 5) is 24.5. The number of rotatable bonds is 20. The summed E-state index contributed by atoms with van der Waals surface area (Å²) < 4.78 is 81.3. The van der Waals surface area contributed by atoms with Crippen molar-refractivity contribution in [2.45, 2.75) is 168 Å². The van der Waals surface area contributed by atoms with Crippen LogP contribution in [0.4, 0.5) is 0 Å². The van der Waals surface area contributed by atoms with Crippen LogP contribution in [0, 0.1) is 0 Å². The van der Waals surface area contributed by atoms with Crippen LogP contribution in [-0.4, -0.2) is 276 Å². The normalized spacial score (nSPS) is 42.4. The zero-order valence-corrected chi connectivity index (χ0v) is 35.6. The Morgan fingerprint density at radius 1 is 0.631 bits per heavy atom. The summed E-state index contributed by atoms with van der Waals surface area (Å²) >= 11 is 0. The van der Waals surface area contributed by atoms with Gasteiger partial charge in [-0.1, -0.05) is 0 Å². The van der Waals surface area contributed by atoms with E-state index in [4.69, 9.17) is 37.9 Å². The molecule has 0 aromatic carbocycles. The lowest BCUT2D eigenvalue weighted by Gasteiger charge is -2.47. The van der Waals surface area contributed by atoms with Gasteiger partial charge in [0, 0.05) is 13.8 Å². The molecule has 4 heterocycles. The first-order valence-electron chi connectivity index (χ1n) is 20.0. The number of hydrogen-bond donors (Lipinski definition) is 17. The average Bonchev–Trinajstić information content (AvgIpc) is 3.24. The first-order valence-corrected chi connectivity index (χ1v) is 21.4. The molecule has 0 spiro atoms. The Morgan fingerprint density at radius 2 is 1.18 bits per heavy atom. The number of aliphatic hydroxyl groups excluding tert-OH is 14. The molecule has 31 heteroatoms. The monoisotopic (exact) mass is 976 g/mol. The van der Waals surface area contributed by atoms with E-state index in [1.54, 1.807) is 0 Å². The van der Waals surface area contributed by atoms with Crippen LogP contribution in [0.3, 0.4) is 0 Å². The predicted molar refractivity (Wildman–Crippen MR) is 201 cm³/mol. The highest BCUT2D eigenvalue weighted by molar-refractivity contribution is 7.80. The fourth-order valence-corrected chi connectivity index (χ4v) is 8.01. The van der Waals surface area contributed by atoms with E-state index < -0.39 is 202 Å². The number of carbonyl (C=O) groups is 2. The third kappa shape index (κ3) is 13.6. The Labute approximate surface area is 369 Å². The van der Waals surface area contributed by atoms with Crippen molar-refractivity contribution >= 4 is 22.2 Å². The lowest BCUT2D eigenvalue weighted by molar-refractivity contribution is -0.373. The highest BCUT2D eigenvalue weighted by Crippen LogP contribution is 2.33. The molecule has 17 N–H and O–H groups in total. The van der Waals surface area contributed by atoms with Crippen LogP contribution in [0.15, 0.2) is 0 Å². The van der Waals surface area contributed by atoms with Gasteiger partial charge in [-0.3, -0.25) is 14.1 Å². The highest BCUT2D eigenvalue weighted by Gasteiger charge is 2.55. The Morgan fingerprint density at radius 3 is 1.74 bits per heavy atom. The maximum absolute atomic E-state index is 12.3. The molecule has 0 unspecified atom stereocenters. The van der Waals surface area contributed by atoms with E-state index >= 15 is 0 Å². The molecule has 380 valence electrons. The minimum Gasteiger partial charge on any atom is -0.394 e. The fraction of sp³-hybridized carbons (Fsp3) is 0.941. The van der Waals surface area contributed by atoms with Gasteiger partial charge in [0.1, 0.15) is 110 Å². The Balaban J connectivity index is 1.57. The molecule has 0 radical (unpaired) electrons. The van der Waals surface area contributed by atoms with Crippen molar-refractivity contribution in [2.24, 2.45) is 0 Å². The zero-order valence-electron chi connectivity index (χ0n) is 34.8. The summed E-state index contributed by atoms with van der Waals surface area (Å²) in [6.07, 6.45) is -42.3. The molecule has 4 fully saturated rings. The van der Waals surface area contributed by atoms with Crippen LogP contribution in [-0.2, 0) is 62.1 Å². The molecule has 0 aromatic heterocycles. The van der Waals surface area contributed by atoms with Gasteiger partial charge in [-0.2, -0.15) is 8.42 Å². The lowest BCUT2D eigenvalue weighted by Crippen LogP contribution is -2.68. The minimum absolute atomic E-state index is 0.817. The largest absolute Gasteiger partial charge is 0.397 e. The standard InChI is InChI=1S/C34H60N2O28S/c1-9-18(44)23(49)25(51)32(57-9)63-30-24(50)20(46)14(5-38)59-34(30)61-27(12(4-37)35-10(2)41)19(45)13(43)8-56-31-17(36-11(3)42)22(48)28(16(7-40)60-31)62-33-26(52)29(64-65(53,54)55)21(47)15(6-39)58-33/h9,12-34,37-40,43-52H,4-8H2,1-3H3,(H,35,41)(H,36,42)(H,53,54,55)/t9-,12-,13+,14+,15+,16+,17+,18+,19-,20-,21-,22+,23+,24-,25-,26+,27+,28+,29-,30+,31+,32-,33-,34-/m0/s1. The molecule has 65 heavy (non-hydrogen) atoms. The van der Waals surface area contributed by atoms with Crippen LogP contribution >= 0.6 is 0 Å². The van der Waals surface area contributed by atoms with E-state index in [0.29, 0.717) is 0 Å². The van der Waals surface area contributed by atoms with E-state index in [-0.39, 0.29) is 0 Å². The first kappa shape index (κ1) is 55.5. The van der Waals surface area contributed by atoms with Crippen molar-refractivity contribution < 1.29 is 136 Å². The van der Waals surface area contributed by atoms with Gasteiger partial charge < -0.3 is 120 Å². The van der Waals surface area contributed by atoms with Gasteiger partial charge in [0.05, 0.1) is 45.2 Å². The summed E-state index contributed by atoms with van der Waals surface area (Å²) in [7, 11) is -5.34. The van der Waals surface area contributed by atoms with Gasteiger partial charge in [-0.25, -0.2) is 4.18 Å². The number of nitrogens with one attached hydrogen (secondary N) is 2. The number of carbonyl (C=O) groups excluding carboxylic acids is 2. The number of aliphatic hydroxyl groups is 14. The molecule has 4 aliphatic rings. The molecule has 30 nitrogen and oxygen atoms in total. The Hall–Kier alpha value is -2.07. The van der Waals surface area contributed by atoms with Crippen LogP contribution < -0.4 is 10.6 Å². The van der Waals surface area contributed by atoms with Gasteiger partial charge in [0.15, 0.2) is 25.2 Å². The number of amides is 2. The van der Waals surface area contributed by atoms with Crippen molar-refractivity contribution in [3.05, 3.63) is 0 Å². The van der Waals surface area contributed by atoms with Crippen molar-refractivity contribution in [2.75, 3.05) is 33.0 Å². The van der Waals surface area contributed by atoms with Crippen molar-refractivity contribution in [3.8, 4) is 0 Å². The smallest absolute Gasteiger partial charge is 0.394 e. The fourth-order valence-electron chi connectivity index (χ4n) is 7.50. The molecule has 24 atom stereocenters. The molecule has 4 rings (SSSR count). The lowest BCUT2D eigenvalue weighted by atomic mass is 9.95. The summed E-state index contributed by atoms with van der Waals surface area (Å²) in [5, 5.41) is 153. The molecular weight excluding hydrogens is 916 g/mol. The van der Waals surface area contributed by atoms with E-state index in [1.165, 1.54) is 6.92 Å². The molecule has 2 amide bonds. The van der Waals surface area contributed by atoms with Crippen LogP contribution in [0.2, 0.25) is 0 Å². The topological polar surface area (TPSA) is 479 Å². The summed E-state index contributed by atoms with van der Waals surface area (Å²) in [6.45, 7) is -1.79. The van der Waals surface area contributed by atoms with Crippen LogP contribution in [0.1, 0.15) is 20.8 Å². The van der Waals surface area contributed by atoms with Gasteiger partial charge in [-0.05, 0) is 6.92 Å². The van der Waals surface area contributed by atoms with E-state index in [9.17, 15) is 94.1 Å². The maximum atomic E-state index is 12.3. The maximum Gasteiger partial charge on any atom is 0.397 e. The van der Waals surface area contributed by atoms with Crippen molar-refractivity contribution in [3.63, 3.8) is 0 Å². The quantitative estimate of drug-likeness (QED) is 0.0504. The molecular formula is C34H60N2O28S. The molecule has 4 saturated heterocycles. The van der Waals surface area contributed by atoms with Gasteiger partial charge in [0.2, 0.25) is 11.8 Å². The third-order valence-corrected chi connectivity index (χ3v) is 11.4. The second kappa shape index (κ2) is 24.0. The Kier molecular flexibility index (Phi) is 20.5. The van der Waals surface area contributed by atoms with Gasteiger partial charge in [-0.15, -0.1) is 0 Å². The second-order valence-corrected chi connectivity index (χ2v) is 16.8. The molecule has 4 aliphatic heterocycles. The van der Waals surface area contributed by atoms with Gasteiger partial charge >= 0.3 is 10.4 Å². The van der Waals surface area contributed by atoms with E-state index in [1.807, 2.05) is 0 Å². The second-order valence-electron chi connectivity index (χ2n) is 15.7. The number of ether oxygens (including phenoxy) is 8. The SMILES string of the molecule is CC(=O)N[C@H]1[C@H](OC[C@@H](O)[C@H](O)[C@H](O[C@@H]2O[C@H](CO)[C@H](O)[C@H](O)[C@H]2O[C@@H]2O[C@@H](C)[C@@H](O)[C@@H](O)[C@@H]2O)[C@H](CO)NC(C)=O)O[C@H](CO)[C@@H](O[C@@H]2O[C@H](CO)[C@H](O)[C@H](OS(=O)(=O)O)[C@H]2O)[C@@H]1O. The molecule has 0 bridgehead atoms. The molecule has 0 aliphatic carbocycles. The number of hydrogen-bond acceptors (Lipinski definition) is 27. The zero-order chi connectivity index (χ0) is 48.8. The molecule has 0 saturated carbocycles. The van der Waals surface area contributed by atoms with Gasteiger partial charge in [0.25, 0.3) is 0 Å². The first-order chi connectivity index (χ1) is 30.4.